The molecule has 0 saturated heterocycles. The largest absolute Gasteiger partial charge is 0.503 e. The minimum Gasteiger partial charge on any atom is -0.503 e. The number of ketones is 1. The first-order valence-electron chi connectivity index (χ1n) is 5.40. The lowest BCUT2D eigenvalue weighted by Crippen LogP contribution is -2.27. The number of halogens is 1. The smallest absolute Gasteiger partial charge is 0.289 e. The van der Waals surface area contributed by atoms with Crippen LogP contribution in [-0.2, 0) is 9.59 Å². The predicted molar refractivity (Wildman–Crippen MR) is 62.2 cm³/mol. The molecule has 94 valence electrons. The molecule has 1 atom stereocenters. The summed E-state index contributed by atoms with van der Waals surface area (Å²) in [5.74, 6) is -2.24. The Bertz CT molecular complexity index is 565. The maximum absolute atomic E-state index is 13.8. The van der Waals surface area contributed by atoms with Crippen molar-refractivity contribution in [3.63, 3.8) is 0 Å². The van der Waals surface area contributed by atoms with Gasteiger partial charge in [-0.05, 0) is 13.0 Å². The number of nitrogens with zero attached hydrogens (tertiary/aromatic N) is 1. The zero-order valence-corrected chi connectivity index (χ0v) is 9.98. The Kier molecular flexibility index (Phi) is 2.90. The van der Waals surface area contributed by atoms with E-state index in [-0.39, 0.29) is 11.1 Å². The van der Waals surface area contributed by atoms with Crippen LogP contribution in [0.15, 0.2) is 35.6 Å². The first-order chi connectivity index (χ1) is 8.45. The van der Waals surface area contributed by atoms with E-state index in [1.807, 2.05) is 0 Å². The van der Waals surface area contributed by atoms with Crippen LogP contribution in [0.3, 0.4) is 0 Å². The maximum atomic E-state index is 13.8. The van der Waals surface area contributed by atoms with Crippen molar-refractivity contribution < 1.29 is 19.1 Å². The molecule has 0 bridgehead atoms. The molecule has 1 aliphatic heterocycles. The lowest BCUT2D eigenvalue weighted by atomic mass is 9.96. The molecule has 1 aromatic carbocycles. The minimum atomic E-state index is -0.865. The molecule has 4 nitrogen and oxygen atoms in total. The number of aliphatic hydroxyl groups is 1. The molecule has 0 unspecified atom stereocenters. The van der Waals surface area contributed by atoms with E-state index in [1.54, 1.807) is 6.07 Å². The second-order valence-corrected chi connectivity index (χ2v) is 4.16. The third kappa shape index (κ3) is 1.68. The normalized spacial score (nSPS) is 19.6. The highest BCUT2D eigenvalue weighted by atomic mass is 19.1. The zero-order chi connectivity index (χ0) is 13.4. The molecular formula is C13H12FNO3. The fourth-order valence-corrected chi connectivity index (χ4v) is 2.14. The fraction of sp³-hybridized carbons (Fsp3) is 0.231. The summed E-state index contributed by atoms with van der Waals surface area (Å²) in [6.45, 7) is 1.24. The van der Waals surface area contributed by atoms with E-state index >= 15 is 0 Å². The third-order valence-electron chi connectivity index (χ3n) is 3.02. The highest BCUT2D eigenvalue weighted by Gasteiger charge is 2.41. The van der Waals surface area contributed by atoms with Crippen LogP contribution in [0.5, 0.6) is 0 Å². The summed E-state index contributed by atoms with van der Waals surface area (Å²) in [7, 11) is 1.42. The summed E-state index contributed by atoms with van der Waals surface area (Å²) < 4.78 is 13.8. The molecule has 2 rings (SSSR count). The summed E-state index contributed by atoms with van der Waals surface area (Å²) in [5, 5.41) is 9.67. The lowest BCUT2D eigenvalue weighted by molar-refractivity contribution is -0.128. The molecule has 0 spiro atoms. The Balaban J connectivity index is 2.60. The highest BCUT2D eigenvalue weighted by Crippen LogP contribution is 2.37. The van der Waals surface area contributed by atoms with E-state index < -0.39 is 29.3 Å². The number of carbonyl (C=O) groups is 2. The summed E-state index contributed by atoms with van der Waals surface area (Å²) in [6.07, 6.45) is 0. The molecule has 1 aliphatic rings. The Morgan fingerprint density at radius 3 is 2.56 bits per heavy atom. The number of hydrogen-bond acceptors (Lipinski definition) is 3. The van der Waals surface area contributed by atoms with E-state index in [0.717, 1.165) is 4.90 Å². The number of likely N-dealkylation sites (N-methyl/N-ethyl adjacent to an activating group) is 1. The molecule has 0 aliphatic carbocycles. The standard InChI is InChI=1S/C13H12FNO3/c1-7(16)10-11(15(2)13(18)12(10)17)8-5-3-4-6-9(8)14/h3-6,11,17H,1-2H3/t11-/m0/s1. The van der Waals surface area contributed by atoms with E-state index in [0.29, 0.717) is 0 Å². The van der Waals surface area contributed by atoms with Gasteiger partial charge in [-0.2, -0.15) is 0 Å². The first kappa shape index (κ1) is 12.3. The van der Waals surface area contributed by atoms with Crippen molar-refractivity contribution in [1.82, 2.24) is 4.90 Å². The quantitative estimate of drug-likeness (QED) is 0.868. The first-order valence-corrected chi connectivity index (χ1v) is 5.40. The number of hydrogen-bond donors (Lipinski definition) is 1. The molecule has 0 fully saturated rings. The monoisotopic (exact) mass is 249 g/mol. The third-order valence-corrected chi connectivity index (χ3v) is 3.02. The second-order valence-electron chi connectivity index (χ2n) is 4.16. The average molecular weight is 249 g/mol. The summed E-state index contributed by atoms with van der Waals surface area (Å²) in [5.41, 5.74) is 0.134. The lowest BCUT2D eigenvalue weighted by Gasteiger charge is -2.22. The van der Waals surface area contributed by atoms with Gasteiger partial charge in [-0.3, -0.25) is 9.59 Å². The van der Waals surface area contributed by atoms with Crippen molar-refractivity contribution in [2.75, 3.05) is 7.05 Å². The minimum absolute atomic E-state index is 0.0624. The summed E-state index contributed by atoms with van der Waals surface area (Å²) in [6, 6.07) is 5.01. The highest BCUT2D eigenvalue weighted by molar-refractivity contribution is 6.07. The van der Waals surface area contributed by atoms with Gasteiger partial charge in [0, 0.05) is 12.6 Å². The van der Waals surface area contributed by atoms with Crippen molar-refractivity contribution in [2.24, 2.45) is 0 Å². The van der Waals surface area contributed by atoms with Crippen LogP contribution in [0.25, 0.3) is 0 Å². The second kappa shape index (κ2) is 4.25. The van der Waals surface area contributed by atoms with E-state index in [9.17, 15) is 19.1 Å². The van der Waals surface area contributed by atoms with Crippen LogP contribution in [0.1, 0.15) is 18.5 Å². The van der Waals surface area contributed by atoms with E-state index in [2.05, 4.69) is 0 Å². The number of benzene rings is 1. The number of rotatable bonds is 2. The van der Waals surface area contributed by atoms with Gasteiger partial charge in [0.2, 0.25) is 0 Å². The molecule has 0 aromatic heterocycles. The van der Waals surface area contributed by atoms with Gasteiger partial charge >= 0.3 is 0 Å². The van der Waals surface area contributed by atoms with E-state index in [1.165, 1.54) is 32.2 Å². The molecule has 1 heterocycles. The van der Waals surface area contributed by atoms with Crippen LogP contribution >= 0.6 is 0 Å². The van der Waals surface area contributed by atoms with Crippen molar-refractivity contribution in [1.29, 1.82) is 0 Å². The van der Waals surface area contributed by atoms with Crippen molar-refractivity contribution >= 4 is 11.7 Å². The van der Waals surface area contributed by atoms with Gasteiger partial charge in [0.05, 0.1) is 11.6 Å². The van der Waals surface area contributed by atoms with Crippen LogP contribution in [-0.4, -0.2) is 28.7 Å². The van der Waals surface area contributed by atoms with Gasteiger partial charge in [0.1, 0.15) is 5.82 Å². The number of Topliss-reactive ketones (excluding diaryl/α,β-unsaturated/α-hetero) is 1. The molecule has 18 heavy (non-hydrogen) atoms. The molecular weight excluding hydrogens is 237 g/mol. The summed E-state index contributed by atoms with van der Waals surface area (Å²) in [4.78, 5) is 24.3. The number of carbonyl (C=O) groups excluding carboxylic acids is 2. The molecule has 1 amide bonds. The molecule has 1 aromatic rings. The zero-order valence-electron chi connectivity index (χ0n) is 9.98. The molecule has 1 N–H and O–H groups in total. The van der Waals surface area contributed by atoms with E-state index in [4.69, 9.17) is 0 Å². The van der Waals surface area contributed by atoms with Crippen molar-refractivity contribution in [3.8, 4) is 0 Å². The van der Waals surface area contributed by atoms with Gasteiger partial charge in [-0.25, -0.2) is 4.39 Å². The number of aliphatic hydroxyl groups excluding tert-OH is 1. The molecule has 0 saturated carbocycles. The van der Waals surface area contributed by atoms with Crippen LogP contribution in [0, 0.1) is 5.82 Å². The van der Waals surface area contributed by atoms with Gasteiger partial charge in [0.25, 0.3) is 5.91 Å². The van der Waals surface area contributed by atoms with Gasteiger partial charge < -0.3 is 10.0 Å². The maximum Gasteiger partial charge on any atom is 0.289 e. The van der Waals surface area contributed by atoms with Gasteiger partial charge in [-0.15, -0.1) is 0 Å². The van der Waals surface area contributed by atoms with Crippen LogP contribution in [0.2, 0.25) is 0 Å². The molecule has 0 radical (unpaired) electrons. The topological polar surface area (TPSA) is 57.6 Å². The van der Waals surface area contributed by atoms with Crippen LogP contribution in [0.4, 0.5) is 4.39 Å². The van der Waals surface area contributed by atoms with Crippen molar-refractivity contribution in [2.45, 2.75) is 13.0 Å². The fourth-order valence-electron chi connectivity index (χ4n) is 2.14. The molecule has 5 heteroatoms. The Hall–Kier alpha value is -2.17. The van der Waals surface area contributed by atoms with Crippen molar-refractivity contribution in [3.05, 3.63) is 47.0 Å². The SMILES string of the molecule is CC(=O)C1=C(O)C(=O)N(C)[C@H]1c1ccccc1F. The summed E-state index contributed by atoms with van der Waals surface area (Å²) >= 11 is 0. The van der Waals surface area contributed by atoms with Gasteiger partial charge in [0.15, 0.2) is 11.5 Å². The predicted octanol–water partition coefficient (Wildman–Crippen LogP) is 1.74. The Morgan fingerprint density at radius 1 is 1.39 bits per heavy atom. The van der Waals surface area contributed by atoms with Gasteiger partial charge in [-0.1, -0.05) is 18.2 Å². The Morgan fingerprint density at radius 2 is 2.00 bits per heavy atom. The van der Waals surface area contributed by atoms with Crippen LogP contribution < -0.4 is 0 Å². The Labute approximate surface area is 103 Å². The average Bonchev–Trinajstić information content (AvgIpc) is 2.54. The number of amides is 1.